The number of furan rings is 2. The van der Waals surface area contributed by atoms with Gasteiger partial charge in [0.1, 0.15) is 23.4 Å². The van der Waals surface area contributed by atoms with Gasteiger partial charge in [0.15, 0.2) is 0 Å². The molecule has 3 aromatic rings. The smallest absolute Gasteiger partial charge is 0.253 e. The summed E-state index contributed by atoms with van der Waals surface area (Å²) in [7, 11) is 0. The second-order valence-electron chi connectivity index (χ2n) is 7.56. The molecule has 1 saturated carbocycles. The van der Waals surface area contributed by atoms with E-state index in [1.54, 1.807) is 24.5 Å². The van der Waals surface area contributed by atoms with Crippen LogP contribution in [0.3, 0.4) is 0 Å². The fraction of sp³-hybridized carbons (Fsp3) is 0.333. The number of nitrogens with zero attached hydrogens (tertiary/aromatic N) is 5. The van der Waals surface area contributed by atoms with Gasteiger partial charge in [0.2, 0.25) is 5.16 Å². The molecule has 1 fully saturated rings. The first-order chi connectivity index (χ1) is 15.1. The molecule has 9 nitrogen and oxygen atoms in total. The Bertz CT molecular complexity index is 1130. The van der Waals surface area contributed by atoms with Gasteiger partial charge in [-0.25, -0.2) is 9.69 Å². The second-order valence-corrected chi connectivity index (χ2v) is 8.50. The molecule has 0 saturated heterocycles. The van der Waals surface area contributed by atoms with Gasteiger partial charge in [-0.3, -0.25) is 4.79 Å². The zero-order valence-electron chi connectivity index (χ0n) is 17.0. The molecule has 2 atom stereocenters. The highest BCUT2D eigenvalue weighted by atomic mass is 32.2. The first-order valence-corrected chi connectivity index (χ1v) is 11.1. The van der Waals surface area contributed by atoms with Gasteiger partial charge in [-0.15, -0.1) is 10.2 Å². The van der Waals surface area contributed by atoms with E-state index in [1.165, 1.54) is 16.4 Å². The van der Waals surface area contributed by atoms with Crippen molar-refractivity contribution in [3.63, 3.8) is 0 Å². The number of rotatable bonds is 5. The van der Waals surface area contributed by atoms with Gasteiger partial charge in [0, 0.05) is 5.92 Å². The Balaban J connectivity index is 1.44. The van der Waals surface area contributed by atoms with Crippen molar-refractivity contribution in [3.8, 4) is 0 Å². The summed E-state index contributed by atoms with van der Waals surface area (Å²) >= 11 is 1.24. The van der Waals surface area contributed by atoms with E-state index in [4.69, 9.17) is 19.8 Å². The molecule has 1 aliphatic heterocycles. The SMILES string of the molecule is Cc1nnc(SCC(=O)N2N=C3/C(=C\c4ccco4)CCCC3C2c2ccco2)n1N. The predicted octanol–water partition coefficient (Wildman–Crippen LogP) is 3.40. The van der Waals surface area contributed by atoms with Gasteiger partial charge in [0.25, 0.3) is 5.91 Å². The van der Waals surface area contributed by atoms with Crippen LogP contribution in [0.15, 0.2) is 61.5 Å². The average Bonchev–Trinajstić information content (AvgIpc) is 3.55. The predicted molar refractivity (Wildman–Crippen MR) is 115 cm³/mol. The lowest BCUT2D eigenvalue weighted by Gasteiger charge is -2.27. The maximum absolute atomic E-state index is 13.2. The first kappa shape index (κ1) is 19.7. The number of fused-ring (bicyclic) bond motifs is 1. The van der Waals surface area contributed by atoms with E-state index in [9.17, 15) is 4.79 Å². The summed E-state index contributed by atoms with van der Waals surface area (Å²) in [6, 6.07) is 7.25. The highest BCUT2D eigenvalue weighted by Crippen LogP contribution is 2.44. The van der Waals surface area contributed by atoms with Crippen LogP contribution in [-0.4, -0.2) is 37.3 Å². The Morgan fingerprint density at radius 1 is 1.29 bits per heavy atom. The standard InChI is InChI=1S/C21H22N6O3S/c1-13-23-24-21(26(13)22)31-12-18(28)27-20(17-8-4-10-30-17)16-7-2-5-14(19(16)25-27)11-15-6-3-9-29-15/h3-4,6,8-11,16,20H,2,5,7,12,22H2,1H3/b14-11-. The summed E-state index contributed by atoms with van der Waals surface area (Å²) in [4.78, 5) is 13.2. The monoisotopic (exact) mass is 438 g/mol. The van der Waals surface area contributed by atoms with Crippen LogP contribution < -0.4 is 5.84 Å². The molecule has 1 aliphatic carbocycles. The van der Waals surface area contributed by atoms with E-state index in [1.807, 2.05) is 30.3 Å². The summed E-state index contributed by atoms with van der Waals surface area (Å²) in [6.45, 7) is 1.76. The minimum absolute atomic E-state index is 0.0791. The number of hydrogen-bond donors (Lipinski definition) is 1. The van der Waals surface area contributed by atoms with Crippen molar-refractivity contribution >= 4 is 29.5 Å². The van der Waals surface area contributed by atoms with Crippen LogP contribution in [0.25, 0.3) is 6.08 Å². The van der Waals surface area contributed by atoms with E-state index in [2.05, 4.69) is 10.2 Å². The molecule has 10 heteroatoms. The van der Waals surface area contributed by atoms with E-state index < -0.39 is 0 Å². The van der Waals surface area contributed by atoms with Gasteiger partial charge in [-0.05, 0) is 62.1 Å². The Kier molecular flexibility index (Phi) is 5.14. The molecule has 4 heterocycles. The number of carbonyl (C=O) groups is 1. The normalized spacial score (nSPS) is 22.0. The number of hydrogen-bond acceptors (Lipinski definition) is 8. The van der Waals surface area contributed by atoms with Crippen molar-refractivity contribution in [2.75, 3.05) is 11.6 Å². The fourth-order valence-corrected chi connectivity index (χ4v) is 4.89. The lowest BCUT2D eigenvalue weighted by atomic mass is 9.79. The highest BCUT2D eigenvalue weighted by molar-refractivity contribution is 7.99. The minimum Gasteiger partial charge on any atom is -0.467 e. The number of thioether (sulfide) groups is 1. The summed E-state index contributed by atoms with van der Waals surface area (Å²) in [5.41, 5.74) is 2.03. The zero-order valence-corrected chi connectivity index (χ0v) is 17.8. The topological polar surface area (TPSA) is 116 Å². The van der Waals surface area contributed by atoms with Crippen LogP contribution >= 0.6 is 11.8 Å². The van der Waals surface area contributed by atoms with Crippen molar-refractivity contribution < 1.29 is 13.6 Å². The Morgan fingerprint density at radius 2 is 2.13 bits per heavy atom. The number of allylic oxidation sites excluding steroid dienone is 1. The Hall–Kier alpha value is -3.27. The summed E-state index contributed by atoms with van der Waals surface area (Å²) < 4.78 is 12.6. The molecule has 0 spiro atoms. The number of hydrazone groups is 1. The maximum atomic E-state index is 13.2. The highest BCUT2D eigenvalue weighted by Gasteiger charge is 2.45. The largest absolute Gasteiger partial charge is 0.467 e. The summed E-state index contributed by atoms with van der Waals surface area (Å²) in [6.07, 6.45) is 8.15. The molecular formula is C21H22N6O3S. The van der Waals surface area contributed by atoms with Gasteiger partial charge in [0.05, 0.1) is 24.0 Å². The molecular weight excluding hydrogens is 416 g/mol. The number of amides is 1. The molecule has 1 amide bonds. The van der Waals surface area contributed by atoms with Crippen LogP contribution in [0.2, 0.25) is 0 Å². The van der Waals surface area contributed by atoms with Crippen LogP contribution in [0, 0.1) is 12.8 Å². The molecule has 0 radical (unpaired) electrons. The minimum atomic E-state index is -0.268. The number of nitrogens with two attached hydrogens (primary N) is 1. The van der Waals surface area contributed by atoms with Crippen LogP contribution in [0.5, 0.6) is 0 Å². The van der Waals surface area contributed by atoms with E-state index in [0.717, 1.165) is 42.1 Å². The molecule has 5 rings (SSSR count). The van der Waals surface area contributed by atoms with Gasteiger partial charge >= 0.3 is 0 Å². The van der Waals surface area contributed by atoms with Crippen molar-refractivity contribution in [3.05, 3.63) is 59.7 Å². The maximum Gasteiger partial charge on any atom is 0.253 e. The number of aryl methyl sites for hydroxylation is 1. The van der Waals surface area contributed by atoms with E-state index in [-0.39, 0.29) is 23.6 Å². The van der Waals surface area contributed by atoms with Crippen molar-refractivity contribution in [1.82, 2.24) is 19.9 Å². The number of carbonyl (C=O) groups excluding carboxylic acids is 1. The lowest BCUT2D eigenvalue weighted by molar-refractivity contribution is -0.131. The van der Waals surface area contributed by atoms with Crippen LogP contribution in [0.4, 0.5) is 0 Å². The molecule has 3 aromatic heterocycles. The van der Waals surface area contributed by atoms with Gasteiger partial charge < -0.3 is 14.7 Å². The third-order valence-electron chi connectivity index (χ3n) is 5.61. The molecule has 0 aromatic carbocycles. The summed E-state index contributed by atoms with van der Waals surface area (Å²) in [5.74, 6) is 8.11. The second kappa shape index (κ2) is 8.10. The molecule has 2 N–H and O–H groups in total. The number of aromatic nitrogens is 3. The van der Waals surface area contributed by atoms with Crippen molar-refractivity contribution in [2.45, 2.75) is 37.4 Å². The third-order valence-corrected chi connectivity index (χ3v) is 6.54. The zero-order chi connectivity index (χ0) is 21.4. The Morgan fingerprint density at radius 3 is 2.84 bits per heavy atom. The van der Waals surface area contributed by atoms with E-state index >= 15 is 0 Å². The first-order valence-electron chi connectivity index (χ1n) is 10.1. The Labute approximate surface area is 182 Å². The number of nitrogen functional groups attached to an aromatic ring is 1. The molecule has 2 unspecified atom stereocenters. The molecule has 0 bridgehead atoms. The van der Waals surface area contributed by atoms with Crippen LogP contribution in [-0.2, 0) is 4.79 Å². The average molecular weight is 439 g/mol. The molecule has 160 valence electrons. The van der Waals surface area contributed by atoms with Gasteiger partial charge in [-0.1, -0.05) is 11.8 Å². The lowest BCUT2D eigenvalue weighted by Crippen LogP contribution is -2.32. The molecule has 31 heavy (non-hydrogen) atoms. The quantitative estimate of drug-likeness (QED) is 0.479. The van der Waals surface area contributed by atoms with Gasteiger partial charge in [-0.2, -0.15) is 5.10 Å². The molecule has 2 aliphatic rings. The van der Waals surface area contributed by atoms with E-state index in [0.29, 0.717) is 11.0 Å². The van der Waals surface area contributed by atoms with Crippen LogP contribution in [0.1, 0.15) is 42.6 Å². The fourth-order valence-electron chi connectivity index (χ4n) is 4.13. The van der Waals surface area contributed by atoms with Crippen molar-refractivity contribution in [1.29, 1.82) is 0 Å². The summed E-state index contributed by atoms with van der Waals surface area (Å²) in [5, 5.41) is 14.8. The van der Waals surface area contributed by atoms with Crippen molar-refractivity contribution in [2.24, 2.45) is 11.0 Å². The third kappa shape index (κ3) is 3.67.